The first-order valence-corrected chi connectivity index (χ1v) is 7.70. The quantitative estimate of drug-likeness (QED) is 0.798. The van der Waals surface area contributed by atoms with Gasteiger partial charge in [0.25, 0.3) is 5.91 Å². The van der Waals surface area contributed by atoms with E-state index in [-0.39, 0.29) is 11.8 Å². The SMILES string of the molecule is CC(C)(O)C(C)(C)NC(=O)c1ccc2c(c1)NC(=O)CS2. The van der Waals surface area contributed by atoms with E-state index in [0.717, 1.165) is 4.90 Å². The Balaban J connectivity index is 2.21. The fraction of sp³-hybridized carbons (Fsp3) is 0.467. The summed E-state index contributed by atoms with van der Waals surface area (Å²) in [4.78, 5) is 24.7. The molecule has 21 heavy (non-hydrogen) atoms. The van der Waals surface area contributed by atoms with Crippen molar-refractivity contribution in [1.82, 2.24) is 5.32 Å². The maximum Gasteiger partial charge on any atom is 0.251 e. The van der Waals surface area contributed by atoms with Crippen LogP contribution in [0.15, 0.2) is 23.1 Å². The Morgan fingerprint density at radius 3 is 2.62 bits per heavy atom. The van der Waals surface area contributed by atoms with E-state index in [1.54, 1.807) is 39.8 Å². The summed E-state index contributed by atoms with van der Waals surface area (Å²) in [5.74, 6) is 0.0428. The number of thioether (sulfide) groups is 1. The predicted molar refractivity (Wildman–Crippen MR) is 83.6 cm³/mol. The van der Waals surface area contributed by atoms with Gasteiger partial charge >= 0.3 is 0 Å². The second-order valence-electron chi connectivity index (χ2n) is 6.19. The summed E-state index contributed by atoms with van der Waals surface area (Å²) >= 11 is 1.45. The van der Waals surface area contributed by atoms with Crippen LogP contribution in [-0.2, 0) is 4.79 Å². The van der Waals surface area contributed by atoms with E-state index in [1.165, 1.54) is 11.8 Å². The van der Waals surface area contributed by atoms with Crippen LogP contribution in [-0.4, -0.2) is 33.8 Å². The van der Waals surface area contributed by atoms with Gasteiger partial charge in [0.2, 0.25) is 5.91 Å². The largest absolute Gasteiger partial charge is 0.388 e. The molecule has 114 valence electrons. The van der Waals surface area contributed by atoms with Gasteiger partial charge in [-0.15, -0.1) is 11.8 Å². The lowest BCUT2D eigenvalue weighted by molar-refractivity contribution is -0.113. The molecule has 3 N–H and O–H groups in total. The standard InChI is InChI=1S/C15H20N2O3S/c1-14(2,15(3,4)20)17-13(19)9-5-6-11-10(7-9)16-12(18)8-21-11/h5-7,20H,8H2,1-4H3,(H,16,18)(H,17,19). The van der Waals surface area contributed by atoms with Gasteiger partial charge in [-0.1, -0.05) is 0 Å². The molecule has 0 aromatic heterocycles. The van der Waals surface area contributed by atoms with E-state index in [9.17, 15) is 14.7 Å². The second-order valence-corrected chi connectivity index (χ2v) is 7.20. The highest BCUT2D eigenvalue weighted by molar-refractivity contribution is 8.00. The molecule has 0 fully saturated rings. The number of nitrogens with one attached hydrogen (secondary N) is 2. The summed E-state index contributed by atoms with van der Waals surface area (Å²) in [7, 11) is 0. The van der Waals surface area contributed by atoms with Gasteiger partial charge in [0.1, 0.15) is 0 Å². The van der Waals surface area contributed by atoms with Crippen LogP contribution >= 0.6 is 11.8 Å². The number of carbonyl (C=O) groups is 2. The molecule has 0 unspecified atom stereocenters. The van der Waals surface area contributed by atoms with Crippen LogP contribution in [0.4, 0.5) is 5.69 Å². The first kappa shape index (κ1) is 15.9. The van der Waals surface area contributed by atoms with Crippen LogP contribution in [0.2, 0.25) is 0 Å². The molecule has 1 heterocycles. The molecule has 2 rings (SSSR count). The summed E-state index contributed by atoms with van der Waals surface area (Å²) in [5, 5.41) is 15.7. The third-order valence-electron chi connectivity index (χ3n) is 3.83. The number of rotatable bonds is 3. The van der Waals surface area contributed by atoms with Gasteiger partial charge in [-0.3, -0.25) is 9.59 Å². The topological polar surface area (TPSA) is 78.4 Å². The molecular formula is C15H20N2O3S. The van der Waals surface area contributed by atoms with Gasteiger partial charge in [-0.25, -0.2) is 0 Å². The van der Waals surface area contributed by atoms with E-state index in [0.29, 0.717) is 17.0 Å². The van der Waals surface area contributed by atoms with Crippen molar-refractivity contribution in [3.05, 3.63) is 23.8 Å². The molecule has 1 aliphatic heterocycles. The molecular weight excluding hydrogens is 288 g/mol. The van der Waals surface area contributed by atoms with Gasteiger partial charge < -0.3 is 15.7 Å². The Morgan fingerprint density at radius 1 is 1.33 bits per heavy atom. The molecule has 0 atom stereocenters. The fourth-order valence-electron chi connectivity index (χ4n) is 1.73. The molecule has 6 heteroatoms. The molecule has 0 bridgehead atoms. The molecule has 1 aromatic carbocycles. The Hall–Kier alpha value is -1.53. The number of hydrogen-bond donors (Lipinski definition) is 3. The number of anilines is 1. The Labute approximate surface area is 128 Å². The average molecular weight is 308 g/mol. The molecule has 0 radical (unpaired) electrons. The average Bonchev–Trinajstić information content (AvgIpc) is 2.35. The third-order valence-corrected chi connectivity index (χ3v) is 4.90. The van der Waals surface area contributed by atoms with E-state index >= 15 is 0 Å². The van der Waals surface area contributed by atoms with E-state index in [2.05, 4.69) is 10.6 Å². The summed E-state index contributed by atoms with van der Waals surface area (Å²) in [6.45, 7) is 6.83. The van der Waals surface area contributed by atoms with Gasteiger partial charge in [-0.2, -0.15) is 0 Å². The predicted octanol–water partition coefficient (Wildman–Crippen LogP) is 2.01. The molecule has 0 saturated heterocycles. The minimum Gasteiger partial charge on any atom is -0.388 e. The number of amides is 2. The zero-order valence-electron chi connectivity index (χ0n) is 12.6. The maximum absolute atomic E-state index is 12.3. The minimum absolute atomic E-state index is 0.0677. The van der Waals surface area contributed by atoms with Crippen LogP contribution < -0.4 is 10.6 Å². The van der Waals surface area contributed by atoms with Crippen molar-refractivity contribution in [2.24, 2.45) is 0 Å². The summed E-state index contributed by atoms with van der Waals surface area (Å²) in [5.41, 5.74) is -0.724. The van der Waals surface area contributed by atoms with Gasteiger partial charge in [0.15, 0.2) is 0 Å². The van der Waals surface area contributed by atoms with Crippen LogP contribution in [0.25, 0.3) is 0 Å². The second kappa shape index (κ2) is 5.35. The number of hydrogen-bond acceptors (Lipinski definition) is 4. The lowest BCUT2D eigenvalue weighted by Gasteiger charge is -2.38. The van der Waals surface area contributed by atoms with E-state index in [1.807, 2.05) is 6.07 Å². The van der Waals surface area contributed by atoms with Crippen molar-refractivity contribution in [2.75, 3.05) is 11.1 Å². The van der Waals surface area contributed by atoms with Crippen molar-refractivity contribution < 1.29 is 14.7 Å². The molecule has 0 spiro atoms. The highest BCUT2D eigenvalue weighted by atomic mass is 32.2. The summed E-state index contributed by atoms with van der Waals surface area (Å²) in [6, 6.07) is 5.21. The zero-order chi connectivity index (χ0) is 15.8. The van der Waals surface area contributed by atoms with Crippen molar-refractivity contribution >= 4 is 29.3 Å². The maximum atomic E-state index is 12.3. The van der Waals surface area contributed by atoms with Gasteiger partial charge in [-0.05, 0) is 45.9 Å². The number of benzene rings is 1. The first-order valence-electron chi connectivity index (χ1n) is 6.72. The monoisotopic (exact) mass is 308 g/mol. The number of carbonyl (C=O) groups excluding carboxylic acids is 2. The zero-order valence-corrected chi connectivity index (χ0v) is 13.4. The summed E-state index contributed by atoms with van der Waals surface area (Å²) < 4.78 is 0. The van der Waals surface area contributed by atoms with Crippen molar-refractivity contribution in [2.45, 2.75) is 43.7 Å². The lowest BCUT2D eigenvalue weighted by Crippen LogP contribution is -2.57. The van der Waals surface area contributed by atoms with E-state index < -0.39 is 11.1 Å². The Bertz CT molecular complexity index is 591. The highest BCUT2D eigenvalue weighted by Gasteiger charge is 2.36. The summed E-state index contributed by atoms with van der Waals surface area (Å²) in [6.07, 6.45) is 0. The highest BCUT2D eigenvalue weighted by Crippen LogP contribution is 2.32. The van der Waals surface area contributed by atoms with E-state index in [4.69, 9.17) is 0 Å². The minimum atomic E-state index is -1.05. The molecule has 2 amide bonds. The van der Waals surface area contributed by atoms with Crippen molar-refractivity contribution in [3.63, 3.8) is 0 Å². The van der Waals surface area contributed by atoms with Crippen LogP contribution in [0.3, 0.4) is 0 Å². The molecule has 0 aliphatic carbocycles. The van der Waals surface area contributed by atoms with Crippen LogP contribution in [0.5, 0.6) is 0 Å². The molecule has 1 aliphatic rings. The smallest absolute Gasteiger partial charge is 0.251 e. The van der Waals surface area contributed by atoms with Crippen molar-refractivity contribution in [3.8, 4) is 0 Å². The molecule has 5 nitrogen and oxygen atoms in total. The fourth-order valence-corrected chi connectivity index (χ4v) is 2.52. The molecule has 0 saturated carbocycles. The third kappa shape index (κ3) is 3.39. The Kier molecular flexibility index (Phi) is 4.04. The first-order chi connectivity index (χ1) is 9.60. The Morgan fingerprint density at radius 2 is 2.00 bits per heavy atom. The van der Waals surface area contributed by atoms with Crippen molar-refractivity contribution in [1.29, 1.82) is 0 Å². The lowest BCUT2D eigenvalue weighted by atomic mass is 9.85. The van der Waals surface area contributed by atoms with Gasteiger partial charge in [0, 0.05) is 10.5 Å². The number of aliphatic hydroxyl groups is 1. The van der Waals surface area contributed by atoms with Gasteiger partial charge in [0.05, 0.1) is 22.6 Å². The van der Waals surface area contributed by atoms with Crippen LogP contribution in [0.1, 0.15) is 38.1 Å². The number of fused-ring (bicyclic) bond motifs is 1. The van der Waals surface area contributed by atoms with Crippen LogP contribution in [0, 0.1) is 0 Å². The normalized spacial score (nSPS) is 15.2. The molecule has 1 aromatic rings.